The second-order valence-corrected chi connectivity index (χ2v) is 8.60. The highest BCUT2D eigenvalue weighted by Gasteiger charge is 2.39. The molecule has 144 valence electrons. The zero-order valence-corrected chi connectivity index (χ0v) is 16.3. The van der Waals surface area contributed by atoms with Gasteiger partial charge in [-0.1, -0.05) is 40.0 Å². The van der Waals surface area contributed by atoms with Crippen LogP contribution in [0, 0.1) is 17.8 Å². The Morgan fingerprint density at radius 2 is 1.71 bits per heavy atom. The third kappa shape index (κ3) is 7.81. The van der Waals surface area contributed by atoms with Crippen molar-refractivity contribution in [1.82, 2.24) is 0 Å². The largest absolute Gasteiger partial charge is 0.396 e. The van der Waals surface area contributed by atoms with E-state index in [9.17, 15) is 10.2 Å². The lowest BCUT2D eigenvalue weighted by Crippen LogP contribution is -2.34. The van der Waals surface area contributed by atoms with E-state index < -0.39 is 11.4 Å². The first-order valence-electron chi connectivity index (χ1n) is 9.88. The summed E-state index contributed by atoms with van der Waals surface area (Å²) in [4.78, 5) is 0. The number of hydrogen-bond donors (Lipinski definition) is 3. The van der Waals surface area contributed by atoms with Crippen molar-refractivity contribution < 1.29 is 20.1 Å². The molecule has 0 aromatic carbocycles. The van der Waals surface area contributed by atoms with Crippen LogP contribution in [0.1, 0.15) is 85.5 Å². The molecule has 0 aromatic rings. The topological polar surface area (TPSA) is 69.9 Å². The van der Waals surface area contributed by atoms with E-state index in [-0.39, 0.29) is 12.5 Å². The Labute approximate surface area is 148 Å². The Bertz CT molecular complexity index is 345. The molecule has 0 bridgehead atoms. The highest BCUT2D eigenvalue weighted by atomic mass is 16.6. The normalized spacial score (nSPS) is 29.4. The van der Waals surface area contributed by atoms with Gasteiger partial charge in [0.1, 0.15) is 0 Å². The van der Waals surface area contributed by atoms with Crippen molar-refractivity contribution in [2.75, 3.05) is 13.2 Å². The van der Waals surface area contributed by atoms with Crippen molar-refractivity contribution >= 4 is 0 Å². The summed E-state index contributed by atoms with van der Waals surface area (Å²) < 4.78 is 5.53. The van der Waals surface area contributed by atoms with Gasteiger partial charge in [0.2, 0.25) is 0 Å². The second-order valence-electron chi connectivity index (χ2n) is 8.60. The Kier molecular flexibility index (Phi) is 9.21. The van der Waals surface area contributed by atoms with Crippen LogP contribution in [0.5, 0.6) is 0 Å². The smallest absolute Gasteiger partial charge is 0.168 e. The van der Waals surface area contributed by atoms with E-state index >= 15 is 0 Å². The molecule has 1 rings (SSSR count). The molecular weight excluding hydrogens is 304 g/mol. The summed E-state index contributed by atoms with van der Waals surface area (Å²) in [6.07, 6.45) is 8.28. The zero-order valence-electron chi connectivity index (χ0n) is 16.3. The first kappa shape index (κ1) is 21.9. The zero-order chi connectivity index (χ0) is 18.2. The third-order valence-corrected chi connectivity index (χ3v) is 5.80. The molecule has 0 saturated carbocycles. The van der Waals surface area contributed by atoms with Crippen LogP contribution in [0.4, 0.5) is 0 Å². The van der Waals surface area contributed by atoms with Gasteiger partial charge in [0.15, 0.2) is 5.79 Å². The SMILES string of the molecule is CC(CO)CCC[C@@](C)(O)CCC[C@H](C)CCC1(O)OCCC1C. The summed E-state index contributed by atoms with van der Waals surface area (Å²) >= 11 is 0. The molecule has 5 atom stereocenters. The van der Waals surface area contributed by atoms with E-state index in [1.54, 1.807) is 0 Å². The van der Waals surface area contributed by atoms with Gasteiger partial charge in [0, 0.05) is 18.9 Å². The summed E-state index contributed by atoms with van der Waals surface area (Å²) in [5, 5.41) is 30.0. The van der Waals surface area contributed by atoms with Crippen LogP contribution in [0.15, 0.2) is 0 Å². The highest BCUT2D eigenvalue weighted by Crippen LogP contribution is 2.35. The molecule has 1 aliphatic heterocycles. The van der Waals surface area contributed by atoms with Crippen molar-refractivity contribution in [3.8, 4) is 0 Å². The Morgan fingerprint density at radius 1 is 1.12 bits per heavy atom. The van der Waals surface area contributed by atoms with Gasteiger partial charge in [0.05, 0.1) is 12.2 Å². The third-order valence-electron chi connectivity index (χ3n) is 5.80. The fraction of sp³-hybridized carbons (Fsp3) is 1.00. The number of aliphatic hydroxyl groups is 3. The number of rotatable bonds is 12. The van der Waals surface area contributed by atoms with E-state index in [4.69, 9.17) is 9.84 Å². The van der Waals surface area contributed by atoms with Crippen LogP contribution < -0.4 is 0 Å². The monoisotopic (exact) mass is 344 g/mol. The van der Waals surface area contributed by atoms with E-state index in [1.165, 1.54) is 0 Å². The van der Waals surface area contributed by atoms with Crippen LogP contribution in [0.25, 0.3) is 0 Å². The molecule has 0 aromatic heterocycles. The van der Waals surface area contributed by atoms with Gasteiger partial charge in [0.25, 0.3) is 0 Å². The number of aliphatic hydroxyl groups excluding tert-OH is 1. The van der Waals surface area contributed by atoms with Crippen molar-refractivity contribution in [3.05, 3.63) is 0 Å². The van der Waals surface area contributed by atoms with Crippen LogP contribution in [-0.4, -0.2) is 39.9 Å². The van der Waals surface area contributed by atoms with Gasteiger partial charge in [-0.15, -0.1) is 0 Å². The second kappa shape index (κ2) is 10.1. The van der Waals surface area contributed by atoms with Gasteiger partial charge >= 0.3 is 0 Å². The Hall–Kier alpha value is -0.160. The standard InChI is InChI=1S/C20H40O4/c1-16(9-13-20(23)18(3)10-14-24-20)7-5-11-19(4,22)12-6-8-17(2)15-21/h16-18,21-23H,5-15H2,1-4H3/t16-,17?,18?,19-,20?/m0/s1. The summed E-state index contributed by atoms with van der Waals surface area (Å²) in [5.41, 5.74) is -0.601. The molecule has 1 fully saturated rings. The number of hydrogen-bond acceptors (Lipinski definition) is 4. The molecule has 3 N–H and O–H groups in total. The van der Waals surface area contributed by atoms with Crippen LogP contribution in [0.2, 0.25) is 0 Å². The van der Waals surface area contributed by atoms with Gasteiger partial charge in [-0.2, -0.15) is 0 Å². The predicted octanol–water partition coefficient (Wildman–Crippen LogP) is 3.87. The molecule has 0 amide bonds. The molecule has 4 nitrogen and oxygen atoms in total. The van der Waals surface area contributed by atoms with Crippen LogP contribution in [-0.2, 0) is 4.74 Å². The fourth-order valence-corrected chi connectivity index (χ4v) is 3.58. The molecule has 1 saturated heterocycles. The van der Waals surface area contributed by atoms with E-state index in [1.807, 2.05) is 13.8 Å². The van der Waals surface area contributed by atoms with Crippen molar-refractivity contribution in [3.63, 3.8) is 0 Å². The molecule has 0 aliphatic carbocycles. The maximum absolute atomic E-state index is 10.5. The molecule has 1 heterocycles. The van der Waals surface area contributed by atoms with Gasteiger partial charge < -0.3 is 20.1 Å². The lowest BCUT2D eigenvalue weighted by Gasteiger charge is -2.28. The lowest BCUT2D eigenvalue weighted by atomic mass is 9.87. The maximum atomic E-state index is 10.5. The predicted molar refractivity (Wildman–Crippen MR) is 97.7 cm³/mol. The lowest BCUT2D eigenvalue weighted by molar-refractivity contribution is -0.197. The summed E-state index contributed by atoms with van der Waals surface area (Å²) in [5.74, 6) is 0.178. The minimum atomic E-state index is -0.914. The van der Waals surface area contributed by atoms with Crippen LogP contribution in [0.3, 0.4) is 0 Å². The molecule has 24 heavy (non-hydrogen) atoms. The van der Waals surface area contributed by atoms with E-state index in [2.05, 4.69) is 13.8 Å². The minimum absolute atomic E-state index is 0.228. The van der Waals surface area contributed by atoms with Gasteiger partial charge in [-0.3, -0.25) is 0 Å². The van der Waals surface area contributed by atoms with E-state index in [0.29, 0.717) is 24.9 Å². The fourth-order valence-electron chi connectivity index (χ4n) is 3.58. The Morgan fingerprint density at radius 3 is 2.21 bits per heavy atom. The number of ether oxygens (including phenoxy) is 1. The summed E-state index contributed by atoms with van der Waals surface area (Å²) in [7, 11) is 0. The van der Waals surface area contributed by atoms with Gasteiger partial charge in [-0.25, -0.2) is 0 Å². The molecule has 0 radical (unpaired) electrons. The minimum Gasteiger partial charge on any atom is -0.396 e. The molecule has 4 heteroatoms. The van der Waals surface area contributed by atoms with Crippen molar-refractivity contribution in [2.24, 2.45) is 17.8 Å². The molecule has 0 spiro atoms. The highest BCUT2D eigenvalue weighted by molar-refractivity contribution is 4.81. The van der Waals surface area contributed by atoms with E-state index in [0.717, 1.165) is 51.4 Å². The quantitative estimate of drug-likeness (QED) is 0.503. The van der Waals surface area contributed by atoms with Crippen molar-refractivity contribution in [1.29, 1.82) is 0 Å². The molecule has 1 aliphatic rings. The van der Waals surface area contributed by atoms with Crippen LogP contribution >= 0.6 is 0 Å². The Balaban J connectivity index is 2.16. The van der Waals surface area contributed by atoms with Crippen molar-refractivity contribution in [2.45, 2.75) is 96.9 Å². The average molecular weight is 345 g/mol. The molecular formula is C20H40O4. The first-order valence-corrected chi connectivity index (χ1v) is 9.88. The maximum Gasteiger partial charge on any atom is 0.168 e. The van der Waals surface area contributed by atoms with Gasteiger partial charge in [-0.05, 0) is 50.9 Å². The summed E-state index contributed by atoms with van der Waals surface area (Å²) in [6, 6.07) is 0. The average Bonchev–Trinajstić information content (AvgIpc) is 2.84. The molecule has 3 unspecified atom stereocenters. The first-order chi connectivity index (χ1) is 11.2. The summed E-state index contributed by atoms with van der Waals surface area (Å²) in [6.45, 7) is 9.16.